The summed E-state index contributed by atoms with van der Waals surface area (Å²) < 4.78 is 51.4. The summed E-state index contributed by atoms with van der Waals surface area (Å²) in [5.74, 6) is 0.0304. The molecule has 0 bridgehead atoms. The predicted octanol–water partition coefficient (Wildman–Crippen LogP) is 3.26. The maximum Gasteiger partial charge on any atom is 0.573 e. The molecule has 4 nitrogen and oxygen atoms in total. The Kier molecular flexibility index (Phi) is 5.00. The van der Waals surface area contributed by atoms with Gasteiger partial charge in [0, 0.05) is 13.0 Å². The van der Waals surface area contributed by atoms with Gasteiger partial charge in [-0.3, -0.25) is 0 Å². The van der Waals surface area contributed by atoms with Crippen molar-refractivity contribution in [1.82, 2.24) is 0 Å². The minimum absolute atomic E-state index is 0.130. The monoisotopic (exact) mass is 370 g/mol. The average Bonchev–Trinajstić information content (AvgIpc) is 2.37. The number of hydrogen-bond donors (Lipinski definition) is 1. The second-order valence-corrected chi connectivity index (χ2v) is 5.37. The molecule has 1 aromatic rings. The highest BCUT2D eigenvalue weighted by Crippen LogP contribution is 2.35. The van der Waals surface area contributed by atoms with Crippen LogP contribution in [0.4, 0.5) is 13.2 Å². The van der Waals surface area contributed by atoms with Crippen LogP contribution in [-0.4, -0.2) is 36.4 Å². The first kappa shape index (κ1) is 16.4. The van der Waals surface area contributed by atoms with Crippen molar-refractivity contribution >= 4 is 15.9 Å². The number of rotatable bonds is 5. The van der Waals surface area contributed by atoms with Crippen LogP contribution in [-0.2, 0) is 4.74 Å². The SMILES string of the molecule is CCOC1C(O)CC1Oc1ccc(OC(F)(F)F)c(Br)c1. The summed E-state index contributed by atoms with van der Waals surface area (Å²) in [5.41, 5.74) is 0. The summed E-state index contributed by atoms with van der Waals surface area (Å²) in [4.78, 5) is 0. The standard InChI is InChI=1S/C13H14BrF3O4/c1-2-19-12-9(18)6-11(12)20-7-3-4-10(8(14)5-7)21-13(15,16)17/h3-5,9,11-12,18H,2,6H2,1H3. The highest BCUT2D eigenvalue weighted by molar-refractivity contribution is 9.10. The normalized spacial score (nSPS) is 25.3. The Morgan fingerprint density at radius 2 is 2.10 bits per heavy atom. The molecule has 1 saturated carbocycles. The minimum atomic E-state index is -4.75. The molecule has 21 heavy (non-hydrogen) atoms. The van der Waals surface area contributed by atoms with Crippen LogP contribution in [0.15, 0.2) is 22.7 Å². The lowest BCUT2D eigenvalue weighted by atomic mass is 9.88. The van der Waals surface area contributed by atoms with E-state index >= 15 is 0 Å². The van der Waals surface area contributed by atoms with Gasteiger partial charge in [-0.15, -0.1) is 13.2 Å². The van der Waals surface area contributed by atoms with E-state index in [9.17, 15) is 18.3 Å². The van der Waals surface area contributed by atoms with E-state index in [0.29, 0.717) is 18.8 Å². The molecule has 0 saturated heterocycles. The van der Waals surface area contributed by atoms with E-state index in [1.54, 1.807) is 0 Å². The fraction of sp³-hybridized carbons (Fsp3) is 0.538. The molecule has 1 N–H and O–H groups in total. The van der Waals surface area contributed by atoms with Gasteiger partial charge in [0.2, 0.25) is 0 Å². The first-order valence-corrected chi connectivity index (χ1v) is 7.11. The maximum absolute atomic E-state index is 12.2. The molecular formula is C13H14BrF3O4. The largest absolute Gasteiger partial charge is 0.573 e. The molecule has 1 aliphatic rings. The Morgan fingerprint density at radius 3 is 2.62 bits per heavy atom. The van der Waals surface area contributed by atoms with Crippen molar-refractivity contribution in [3.8, 4) is 11.5 Å². The number of aliphatic hydroxyl groups is 1. The summed E-state index contributed by atoms with van der Waals surface area (Å²) in [6.45, 7) is 2.26. The molecule has 0 aromatic heterocycles. The average molecular weight is 371 g/mol. The number of aliphatic hydroxyl groups excluding tert-OH is 1. The summed E-state index contributed by atoms with van der Waals surface area (Å²) in [6, 6.07) is 3.92. The van der Waals surface area contributed by atoms with Gasteiger partial charge in [0.05, 0.1) is 10.6 Å². The van der Waals surface area contributed by atoms with Crippen LogP contribution >= 0.6 is 15.9 Å². The van der Waals surface area contributed by atoms with Gasteiger partial charge in [-0.1, -0.05) is 0 Å². The van der Waals surface area contributed by atoms with Crippen LogP contribution < -0.4 is 9.47 Å². The molecule has 3 atom stereocenters. The van der Waals surface area contributed by atoms with Crippen LogP contribution in [0.25, 0.3) is 0 Å². The van der Waals surface area contributed by atoms with Crippen LogP contribution in [0.3, 0.4) is 0 Å². The van der Waals surface area contributed by atoms with E-state index in [0.717, 1.165) is 6.07 Å². The molecular weight excluding hydrogens is 357 g/mol. The highest BCUT2D eigenvalue weighted by Gasteiger charge is 2.42. The number of alkyl halides is 3. The second kappa shape index (κ2) is 6.41. The van der Waals surface area contributed by atoms with E-state index in [1.165, 1.54) is 12.1 Å². The Morgan fingerprint density at radius 1 is 1.38 bits per heavy atom. The highest BCUT2D eigenvalue weighted by atomic mass is 79.9. The number of hydrogen-bond acceptors (Lipinski definition) is 4. The smallest absolute Gasteiger partial charge is 0.487 e. The number of benzene rings is 1. The Balaban J connectivity index is 2.01. The van der Waals surface area contributed by atoms with Crippen LogP contribution in [0.5, 0.6) is 11.5 Å². The van der Waals surface area contributed by atoms with E-state index in [1.807, 2.05) is 6.92 Å². The summed E-state index contributed by atoms with van der Waals surface area (Å²) in [6.07, 6.45) is -5.64. The van der Waals surface area contributed by atoms with Crippen molar-refractivity contribution in [2.24, 2.45) is 0 Å². The molecule has 0 heterocycles. The van der Waals surface area contributed by atoms with Gasteiger partial charge < -0.3 is 19.3 Å². The molecule has 1 fully saturated rings. The van der Waals surface area contributed by atoms with Gasteiger partial charge in [0.25, 0.3) is 0 Å². The van der Waals surface area contributed by atoms with Crippen molar-refractivity contribution < 1.29 is 32.5 Å². The van der Waals surface area contributed by atoms with Crippen LogP contribution in [0, 0.1) is 0 Å². The van der Waals surface area contributed by atoms with Gasteiger partial charge in [0.15, 0.2) is 0 Å². The third-order valence-electron chi connectivity index (χ3n) is 3.00. The van der Waals surface area contributed by atoms with Gasteiger partial charge in [-0.2, -0.15) is 0 Å². The van der Waals surface area contributed by atoms with Crippen LogP contribution in [0.1, 0.15) is 13.3 Å². The second-order valence-electron chi connectivity index (χ2n) is 4.52. The third-order valence-corrected chi connectivity index (χ3v) is 3.61. The zero-order valence-electron chi connectivity index (χ0n) is 11.1. The minimum Gasteiger partial charge on any atom is -0.487 e. The fourth-order valence-corrected chi connectivity index (χ4v) is 2.46. The number of halogens is 4. The molecule has 8 heteroatoms. The molecule has 0 spiro atoms. The summed E-state index contributed by atoms with van der Waals surface area (Å²) in [7, 11) is 0. The Hall–Kier alpha value is -0.990. The third kappa shape index (κ3) is 4.24. The topological polar surface area (TPSA) is 47.9 Å². The predicted molar refractivity (Wildman–Crippen MR) is 71.3 cm³/mol. The van der Waals surface area contributed by atoms with E-state index < -0.39 is 18.6 Å². The molecule has 0 radical (unpaired) electrons. The molecule has 118 valence electrons. The first-order chi connectivity index (χ1) is 9.80. The lowest BCUT2D eigenvalue weighted by molar-refractivity contribution is -0.274. The van der Waals surface area contributed by atoms with Gasteiger partial charge >= 0.3 is 6.36 Å². The summed E-state index contributed by atoms with van der Waals surface area (Å²) in [5, 5.41) is 9.55. The van der Waals surface area contributed by atoms with E-state index in [-0.39, 0.29) is 16.3 Å². The van der Waals surface area contributed by atoms with Gasteiger partial charge in [-0.05, 0) is 41.1 Å². The molecule has 1 aliphatic carbocycles. The van der Waals surface area contributed by atoms with Crippen molar-refractivity contribution in [2.45, 2.75) is 38.0 Å². The van der Waals surface area contributed by atoms with Gasteiger partial charge in [0.1, 0.15) is 23.7 Å². The van der Waals surface area contributed by atoms with Crippen molar-refractivity contribution in [3.63, 3.8) is 0 Å². The Bertz CT molecular complexity index is 495. The fourth-order valence-electron chi connectivity index (χ4n) is 2.02. The quantitative estimate of drug-likeness (QED) is 0.863. The molecule has 2 rings (SSSR count). The summed E-state index contributed by atoms with van der Waals surface area (Å²) >= 11 is 3.00. The lowest BCUT2D eigenvalue weighted by Crippen LogP contribution is -2.55. The van der Waals surface area contributed by atoms with E-state index in [4.69, 9.17) is 9.47 Å². The molecule has 0 amide bonds. The molecule has 3 unspecified atom stereocenters. The van der Waals surface area contributed by atoms with Crippen LogP contribution in [0.2, 0.25) is 0 Å². The van der Waals surface area contributed by atoms with Gasteiger partial charge in [-0.25, -0.2) is 0 Å². The van der Waals surface area contributed by atoms with Crippen molar-refractivity contribution in [3.05, 3.63) is 22.7 Å². The van der Waals surface area contributed by atoms with Crippen molar-refractivity contribution in [1.29, 1.82) is 0 Å². The maximum atomic E-state index is 12.2. The Labute approximate surface area is 127 Å². The molecule has 0 aliphatic heterocycles. The zero-order valence-corrected chi connectivity index (χ0v) is 12.6. The molecule has 1 aromatic carbocycles. The first-order valence-electron chi connectivity index (χ1n) is 6.31. The van der Waals surface area contributed by atoms with E-state index in [2.05, 4.69) is 20.7 Å². The number of ether oxygens (including phenoxy) is 3. The zero-order chi connectivity index (χ0) is 15.6. The van der Waals surface area contributed by atoms with Crippen molar-refractivity contribution in [2.75, 3.05) is 6.61 Å². The lowest BCUT2D eigenvalue weighted by Gasteiger charge is -2.40.